The molecule has 2 aromatic rings. The van der Waals surface area contributed by atoms with E-state index in [1.165, 1.54) is 10.4 Å². The maximum Gasteiger partial charge on any atom is 0.0903 e. The molecule has 3 heteroatoms. The lowest BCUT2D eigenvalue weighted by Gasteiger charge is -1.98. The summed E-state index contributed by atoms with van der Waals surface area (Å²) in [5, 5.41) is 1.13. The topological polar surface area (TPSA) is 12.9 Å². The fraction of sp³-hybridized carbons (Fsp3) is 0.182. The Hall–Kier alpha value is -0.670. The van der Waals surface area contributed by atoms with Crippen molar-refractivity contribution in [2.75, 3.05) is 0 Å². The summed E-state index contributed by atoms with van der Waals surface area (Å²) in [6.45, 7) is 4.10. The second-order valence-corrected chi connectivity index (χ2v) is 5.27. The molecule has 0 aliphatic carbocycles. The monoisotopic (exact) mass is 267 g/mol. The number of hydrogen-bond acceptors (Lipinski definition) is 2. The van der Waals surface area contributed by atoms with E-state index in [1.54, 1.807) is 11.3 Å². The van der Waals surface area contributed by atoms with Gasteiger partial charge in [0.2, 0.25) is 0 Å². The minimum atomic E-state index is 1.11. The average molecular weight is 268 g/mol. The second kappa shape index (κ2) is 3.83. The molecule has 0 amide bonds. The number of rotatable bonds is 1. The zero-order chi connectivity index (χ0) is 10.1. The summed E-state index contributed by atoms with van der Waals surface area (Å²) in [4.78, 5) is 5.69. The van der Waals surface area contributed by atoms with Crippen LogP contribution in [0.2, 0.25) is 0 Å². The summed E-state index contributed by atoms with van der Waals surface area (Å²) in [5.74, 6) is 0. The number of aryl methyl sites for hydroxylation is 2. The van der Waals surface area contributed by atoms with Crippen LogP contribution in [0.4, 0.5) is 0 Å². The Labute approximate surface area is 95.9 Å². The molecule has 1 heterocycles. The van der Waals surface area contributed by atoms with Crippen molar-refractivity contribution in [3.8, 4) is 10.4 Å². The van der Waals surface area contributed by atoms with Crippen LogP contribution in [0.5, 0.6) is 0 Å². The predicted molar refractivity (Wildman–Crippen MR) is 64.7 cm³/mol. The third kappa shape index (κ3) is 1.88. The third-order valence-corrected chi connectivity index (χ3v) is 3.66. The van der Waals surface area contributed by atoms with E-state index in [4.69, 9.17) is 0 Å². The molecule has 0 atom stereocenters. The van der Waals surface area contributed by atoms with Crippen LogP contribution >= 0.6 is 27.3 Å². The van der Waals surface area contributed by atoms with Crippen LogP contribution in [-0.4, -0.2) is 4.98 Å². The molecule has 0 unspecified atom stereocenters. The minimum Gasteiger partial charge on any atom is -0.246 e. The summed E-state index contributed by atoms with van der Waals surface area (Å²) >= 11 is 5.18. The van der Waals surface area contributed by atoms with E-state index in [0.29, 0.717) is 0 Å². The molecule has 0 saturated carbocycles. The van der Waals surface area contributed by atoms with Crippen LogP contribution in [0.3, 0.4) is 0 Å². The van der Waals surface area contributed by atoms with Crippen molar-refractivity contribution in [3.05, 3.63) is 39.4 Å². The molecule has 0 aliphatic rings. The molecular weight excluding hydrogens is 258 g/mol. The average Bonchev–Trinajstić information content (AvgIpc) is 2.47. The molecule has 0 bridgehead atoms. The Morgan fingerprint density at radius 3 is 2.29 bits per heavy atom. The SMILES string of the molecule is Cc1nc(C)c(-c2ccc(Br)cc2)s1. The number of nitrogens with zero attached hydrogens (tertiary/aromatic N) is 1. The molecule has 0 radical (unpaired) electrons. The lowest BCUT2D eigenvalue weighted by Crippen LogP contribution is -1.77. The quantitative estimate of drug-likeness (QED) is 0.755. The lowest BCUT2D eigenvalue weighted by molar-refractivity contribution is 1.20. The fourth-order valence-corrected chi connectivity index (χ4v) is 2.59. The van der Waals surface area contributed by atoms with Crippen LogP contribution in [0, 0.1) is 13.8 Å². The van der Waals surface area contributed by atoms with Gasteiger partial charge in [0.05, 0.1) is 15.6 Å². The van der Waals surface area contributed by atoms with Gasteiger partial charge in [0, 0.05) is 4.47 Å². The Kier molecular flexibility index (Phi) is 2.70. The first-order valence-corrected chi connectivity index (χ1v) is 5.98. The van der Waals surface area contributed by atoms with Crippen LogP contribution < -0.4 is 0 Å². The highest BCUT2D eigenvalue weighted by molar-refractivity contribution is 9.10. The van der Waals surface area contributed by atoms with Gasteiger partial charge in [-0.2, -0.15) is 0 Å². The van der Waals surface area contributed by atoms with Crippen molar-refractivity contribution in [2.24, 2.45) is 0 Å². The van der Waals surface area contributed by atoms with Gasteiger partial charge in [-0.3, -0.25) is 0 Å². The molecule has 72 valence electrons. The fourth-order valence-electron chi connectivity index (χ4n) is 1.40. The maximum absolute atomic E-state index is 4.42. The van der Waals surface area contributed by atoms with Gasteiger partial charge in [-0.15, -0.1) is 11.3 Å². The van der Waals surface area contributed by atoms with Gasteiger partial charge in [0.1, 0.15) is 0 Å². The summed E-state index contributed by atoms with van der Waals surface area (Å²) in [6, 6.07) is 8.35. The number of aromatic nitrogens is 1. The molecule has 0 spiro atoms. The normalized spacial score (nSPS) is 10.5. The molecule has 14 heavy (non-hydrogen) atoms. The van der Waals surface area contributed by atoms with Crippen LogP contribution in [-0.2, 0) is 0 Å². The van der Waals surface area contributed by atoms with E-state index in [1.807, 2.05) is 6.92 Å². The lowest BCUT2D eigenvalue weighted by atomic mass is 10.2. The second-order valence-electron chi connectivity index (χ2n) is 3.15. The van der Waals surface area contributed by atoms with E-state index in [-0.39, 0.29) is 0 Å². The van der Waals surface area contributed by atoms with Crippen molar-refractivity contribution >= 4 is 27.3 Å². The van der Waals surface area contributed by atoms with Crippen LogP contribution in [0.25, 0.3) is 10.4 Å². The van der Waals surface area contributed by atoms with E-state index in [9.17, 15) is 0 Å². The predicted octanol–water partition coefficient (Wildman–Crippen LogP) is 4.19. The zero-order valence-corrected chi connectivity index (χ0v) is 10.4. The van der Waals surface area contributed by atoms with Gasteiger partial charge in [-0.05, 0) is 31.5 Å². The number of hydrogen-bond donors (Lipinski definition) is 0. The number of thiazole rings is 1. The minimum absolute atomic E-state index is 1.11. The highest BCUT2D eigenvalue weighted by Gasteiger charge is 2.06. The molecule has 0 aliphatic heterocycles. The first kappa shape index (κ1) is 9.87. The van der Waals surface area contributed by atoms with Crippen LogP contribution in [0.1, 0.15) is 10.7 Å². The molecule has 1 aromatic heterocycles. The smallest absolute Gasteiger partial charge is 0.0903 e. The largest absolute Gasteiger partial charge is 0.246 e. The highest BCUT2D eigenvalue weighted by atomic mass is 79.9. The maximum atomic E-state index is 4.42. The van der Waals surface area contributed by atoms with Gasteiger partial charge < -0.3 is 0 Å². The van der Waals surface area contributed by atoms with Crippen molar-refractivity contribution in [2.45, 2.75) is 13.8 Å². The Balaban J connectivity index is 2.49. The molecule has 1 nitrogen and oxygen atoms in total. The summed E-state index contributed by atoms with van der Waals surface area (Å²) in [6.07, 6.45) is 0. The number of halogens is 1. The van der Waals surface area contributed by atoms with E-state index < -0.39 is 0 Å². The Morgan fingerprint density at radius 1 is 1.14 bits per heavy atom. The van der Waals surface area contributed by atoms with Crippen molar-refractivity contribution in [1.82, 2.24) is 4.98 Å². The zero-order valence-electron chi connectivity index (χ0n) is 8.04. The molecule has 0 fully saturated rings. The van der Waals surface area contributed by atoms with Crippen LogP contribution in [0.15, 0.2) is 28.7 Å². The highest BCUT2D eigenvalue weighted by Crippen LogP contribution is 2.30. The summed E-state index contributed by atoms with van der Waals surface area (Å²) < 4.78 is 1.11. The van der Waals surface area contributed by atoms with Crippen molar-refractivity contribution in [3.63, 3.8) is 0 Å². The Bertz CT molecular complexity index is 445. The van der Waals surface area contributed by atoms with Gasteiger partial charge in [-0.1, -0.05) is 28.1 Å². The van der Waals surface area contributed by atoms with E-state index >= 15 is 0 Å². The molecule has 2 rings (SSSR count). The van der Waals surface area contributed by atoms with Crippen molar-refractivity contribution in [1.29, 1.82) is 0 Å². The first-order valence-electron chi connectivity index (χ1n) is 4.37. The Morgan fingerprint density at radius 2 is 1.79 bits per heavy atom. The van der Waals surface area contributed by atoms with E-state index in [0.717, 1.165) is 15.2 Å². The van der Waals surface area contributed by atoms with Gasteiger partial charge >= 0.3 is 0 Å². The molecule has 0 N–H and O–H groups in total. The van der Waals surface area contributed by atoms with Gasteiger partial charge in [0.25, 0.3) is 0 Å². The van der Waals surface area contributed by atoms with E-state index in [2.05, 4.69) is 52.1 Å². The molecular formula is C11H10BrNS. The summed E-state index contributed by atoms with van der Waals surface area (Å²) in [5.41, 5.74) is 2.37. The molecule has 0 saturated heterocycles. The first-order chi connectivity index (χ1) is 6.66. The van der Waals surface area contributed by atoms with Gasteiger partial charge in [0.15, 0.2) is 0 Å². The standard InChI is InChI=1S/C11H10BrNS/c1-7-11(14-8(2)13-7)9-3-5-10(12)6-4-9/h3-6H,1-2H3. The third-order valence-electron chi connectivity index (χ3n) is 2.01. The molecule has 1 aromatic carbocycles. The van der Waals surface area contributed by atoms with Gasteiger partial charge in [-0.25, -0.2) is 4.98 Å². The summed E-state index contributed by atoms with van der Waals surface area (Å²) in [7, 11) is 0. The number of benzene rings is 1. The van der Waals surface area contributed by atoms with Crippen molar-refractivity contribution < 1.29 is 0 Å².